The first-order chi connectivity index (χ1) is 22.2. The average Bonchev–Trinajstić information content (AvgIpc) is 3.30. The quantitative estimate of drug-likeness (QED) is 0.345. The number of hydrogen-bond acceptors (Lipinski definition) is 8. The highest BCUT2D eigenvalue weighted by molar-refractivity contribution is 6.40. The molecule has 0 aliphatic carbocycles. The lowest BCUT2D eigenvalue weighted by molar-refractivity contribution is 0.0515. The third-order valence-electron chi connectivity index (χ3n) is 9.48. The van der Waals surface area contributed by atoms with Gasteiger partial charge >= 0.3 is 5.97 Å². The van der Waals surface area contributed by atoms with E-state index in [1.807, 2.05) is 6.07 Å². The van der Waals surface area contributed by atoms with Crippen LogP contribution in [0.1, 0.15) is 46.0 Å². The first-order valence-electron chi connectivity index (χ1n) is 15.5. The van der Waals surface area contributed by atoms with Crippen molar-refractivity contribution in [3.63, 3.8) is 0 Å². The standard InChI is InChI=1S/C34H35Cl2FN4O5/c1-19-14-38-8-9-40(19)23-10-27(35)31(28(36)11-23)33(42)39-15-20-4-3-5-24(32(20)46-18-39)25-13-30(26(12-29(25)37)34(43)44-2)41-21-6-7-22(41)17-45-16-21/h3-5,10-13,19,21-22,38H,6-9,14-18H2,1-2H3. The number of nitrogens with zero attached hydrogens (tertiary/aromatic N) is 3. The Morgan fingerprint density at radius 3 is 2.48 bits per heavy atom. The van der Waals surface area contributed by atoms with Gasteiger partial charge in [0.1, 0.15) is 11.6 Å². The number of rotatable bonds is 5. The topological polar surface area (TPSA) is 83.6 Å². The molecule has 1 N–H and O–H groups in total. The Morgan fingerprint density at radius 1 is 1.04 bits per heavy atom. The Morgan fingerprint density at radius 2 is 1.78 bits per heavy atom. The molecule has 242 valence electrons. The molecule has 7 rings (SSSR count). The minimum Gasteiger partial charge on any atom is -0.472 e. The summed E-state index contributed by atoms with van der Waals surface area (Å²) in [5, 5.41) is 3.91. The van der Waals surface area contributed by atoms with Crippen LogP contribution < -0.4 is 19.9 Å². The third-order valence-corrected chi connectivity index (χ3v) is 10.1. The molecule has 0 aromatic heterocycles. The Bertz CT molecular complexity index is 1670. The zero-order chi connectivity index (χ0) is 32.1. The second kappa shape index (κ2) is 12.6. The summed E-state index contributed by atoms with van der Waals surface area (Å²) < 4.78 is 32.8. The van der Waals surface area contributed by atoms with Crippen LogP contribution in [0.2, 0.25) is 10.0 Å². The van der Waals surface area contributed by atoms with Crippen LogP contribution in [-0.4, -0.2) is 81.6 Å². The van der Waals surface area contributed by atoms with Gasteiger partial charge in [0.2, 0.25) is 0 Å². The highest BCUT2D eigenvalue weighted by atomic mass is 35.5. The van der Waals surface area contributed by atoms with Crippen LogP contribution in [0.5, 0.6) is 5.75 Å². The van der Waals surface area contributed by atoms with Crippen molar-refractivity contribution in [1.82, 2.24) is 10.2 Å². The van der Waals surface area contributed by atoms with Gasteiger partial charge in [-0.1, -0.05) is 41.4 Å². The van der Waals surface area contributed by atoms with Gasteiger partial charge in [0.15, 0.2) is 6.73 Å². The molecule has 3 unspecified atom stereocenters. The maximum atomic E-state index is 15.9. The number of ether oxygens (including phenoxy) is 3. The summed E-state index contributed by atoms with van der Waals surface area (Å²) >= 11 is 13.4. The van der Waals surface area contributed by atoms with Gasteiger partial charge in [0, 0.05) is 48.1 Å². The largest absolute Gasteiger partial charge is 0.472 e. The van der Waals surface area contributed by atoms with Gasteiger partial charge in [-0.25, -0.2) is 9.18 Å². The van der Waals surface area contributed by atoms with E-state index in [9.17, 15) is 9.59 Å². The van der Waals surface area contributed by atoms with Crippen molar-refractivity contribution in [2.45, 2.75) is 44.4 Å². The van der Waals surface area contributed by atoms with Crippen molar-refractivity contribution >= 4 is 46.5 Å². The van der Waals surface area contributed by atoms with E-state index in [4.69, 9.17) is 37.4 Å². The molecule has 2 bridgehead atoms. The van der Waals surface area contributed by atoms with Crippen LogP contribution in [0, 0.1) is 5.82 Å². The Labute approximate surface area is 277 Å². The predicted octanol–water partition coefficient (Wildman–Crippen LogP) is 5.74. The van der Waals surface area contributed by atoms with Crippen LogP contribution in [0.4, 0.5) is 15.8 Å². The summed E-state index contributed by atoms with van der Waals surface area (Å²) in [6.07, 6.45) is 1.86. The number of piperazine rings is 1. The zero-order valence-electron chi connectivity index (χ0n) is 25.7. The second-order valence-electron chi connectivity index (χ2n) is 12.3. The summed E-state index contributed by atoms with van der Waals surface area (Å²) in [6, 6.07) is 12.4. The van der Waals surface area contributed by atoms with Crippen molar-refractivity contribution in [3.8, 4) is 16.9 Å². The van der Waals surface area contributed by atoms with Crippen LogP contribution in [-0.2, 0) is 16.0 Å². The molecule has 4 aliphatic rings. The Hall–Kier alpha value is -3.57. The number of halogens is 3. The van der Waals surface area contributed by atoms with Crippen molar-refractivity contribution in [1.29, 1.82) is 0 Å². The number of fused-ring (bicyclic) bond motifs is 3. The number of esters is 1. The monoisotopic (exact) mass is 668 g/mol. The highest BCUT2D eigenvalue weighted by Gasteiger charge is 2.40. The van der Waals surface area contributed by atoms with Gasteiger partial charge in [0.25, 0.3) is 5.91 Å². The van der Waals surface area contributed by atoms with E-state index in [1.165, 1.54) is 18.1 Å². The van der Waals surface area contributed by atoms with E-state index in [0.717, 1.165) is 38.2 Å². The van der Waals surface area contributed by atoms with Gasteiger partial charge < -0.3 is 34.2 Å². The molecule has 3 atom stereocenters. The Balaban J connectivity index is 1.19. The minimum atomic E-state index is -0.598. The fraction of sp³-hybridized carbons (Fsp3) is 0.412. The van der Waals surface area contributed by atoms with Crippen LogP contribution >= 0.6 is 23.2 Å². The van der Waals surface area contributed by atoms with E-state index in [0.29, 0.717) is 41.3 Å². The Kier molecular flexibility index (Phi) is 8.48. The second-order valence-corrected chi connectivity index (χ2v) is 13.1. The first kappa shape index (κ1) is 31.1. The molecule has 46 heavy (non-hydrogen) atoms. The number of methoxy groups -OCH3 is 1. The summed E-state index contributed by atoms with van der Waals surface area (Å²) in [4.78, 5) is 32.5. The van der Waals surface area contributed by atoms with Crippen molar-refractivity contribution in [2.75, 3.05) is 56.5 Å². The number of amides is 1. The first-order valence-corrected chi connectivity index (χ1v) is 16.3. The molecule has 3 saturated heterocycles. The minimum absolute atomic E-state index is 0.0750. The van der Waals surface area contributed by atoms with E-state index in [2.05, 4.69) is 22.0 Å². The number of morpholine rings is 1. The van der Waals surface area contributed by atoms with Crippen molar-refractivity contribution in [3.05, 3.63) is 75.0 Å². The number of carbonyl (C=O) groups excluding carboxylic acids is 2. The molecule has 4 aliphatic heterocycles. The van der Waals surface area contributed by atoms with Crippen LogP contribution in [0.3, 0.4) is 0 Å². The normalized spacial score (nSPS) is 22.4. The van der Waals surface area contributed by atoms with E-state index >= 15 is 4.39 Å². The molecular weight excluding hydrogens is 634 g/mol. The van der Waals surface area contributed by atoms with Gasteiger partial charge in [0.05, 0.1) is 65.8 Å². The number of para-hydroxylation sites is 1. The highest BCUT2D eigenvalue weighted by Crippen LogP contribution is 2.43. The van der Waals surface area contributed by atoms with Gasteiger partial charge in [-0.3, -0.25) is 4.79 Å². The number of benzene rings is 3. The van der Waals surface area contributed by atoms with E-state index in [1.54, 1.807) is 30.3 Å². The summed E-state index contributed by atoms with van der Waals surface area (Å²) in [5.74, 6) is -1.05. The van der Waals surface area contributed by atoms with Crippen molar-refractivity contribution in [2.24, 2.45) is 0 Å². The summed E-state index contributed by atoms with van der Waals surface area (Å²) in [5.41, 5.74) is 3.42. The lowest BCUT2D eigenvalue weighted by Crippen LogP contribution is -2.50. The number of nitrogens with one attached hydrogen (secondary N) is 1. The molecule has 12 heteroatoms. The molecule has 4 heterocycles. The lowest BCUT2D eigenvalue weighted by atomic mass is 9.96. The predicted molar refractivity (Wildman–Crippen MR) is 175 cm³/mol. The smallest absolute Gasteiger partial charge is 0.340 e. The fourth-order valence-corrected chi connectivity index (χ4v) is 7.84. The fourth-order valence-electron chi connectivity index (χ4n) is 7.21. The maximum absolute atomic E-state index is 15.9. The molecule has 0 saturated carbocycles. The van der Waals surface area contributed by atoms with E-state index < -0.39 is 11.8 Å². The van der Waals surface area contributed by atoms with Crippen LogP contribution in [0.25, 0.3) is 11.1 Å². The number of hydrogen-bond donors (Lipinski definition) is 1. The molecule has 0 radical (unpaired) electrons. The number of carbonyl (C=O) groups is 2. The molecule has 3 aromatic carbocycles. The molecule has 9 nitrogen and oxygen atoms in total. The maximum Gasteiger partial charge on any atom is 0.340 e. The average molecular weight is 670 g/mol. The van der Waals surface area contributed by atoms with Crippen LogP contribution in [0.15, 0.2) is 42.5 Å². The van der Waals surface area contributed by atoms with Gasteiger partial charge in [-0.2, -0.15) is 0 Å². The van der Waals surface area contributed by atoms with Crippen molar-refractivity contribution < 1.29 is 28.2 Å². The number of anilines is 2. The molecule has 0 spiro atoms. The summed E-state index contributed by atoms with van der Waals surface area (Å²) in [7, 11) is 1.29. The SMILES string of the molecule is COC(=O)c1cc(F)c(-c2cccc3c2OCN(C(=O)c2c(Cl)cc(N4CCNCC4C)cc2Cl)C3)cc1N1C2CCC1COC2. The zero-order valence-corrected chi connectivity index (χ0v) is 27.2. The molecule has 3 aromatic rings. The molecule has 3 fully saturated rings. The lowest BCUT2D eigenvalue weighted by Gasteiger charge is -2.38. The molecule has 1 amide bonds. The van der Waals surface area contributed by atoms with Gasteiger partial charge in [-0.15, -0.1) is 0 Å². The summed E-state index contributed by atoms with van der Waals surface area (Å²) in [6.45, 7) is 5.85. The van der Waals surface area contributed by atoms with E-state index in [-0.39, 0.29) is 58.5 Å². The third kappa shape index (κ3) is 5.45. The molecular formula is C34H35Cl2FN4O5. The van der Waals surface area contributed by atoms with Gasteiger partial charge in [-0.05, 0) is 44.0 Å².